The first-order valence-corrected chi connectivity index (χ1v) is 7.05. The molecule has 19 heavy (non-hydrogen) atoms. The molecule has 2 N–H and O–H groups in total. The van der Waals surface area contributed by atoms with E-state index in [1.807, 2.05) is 0 Å². The first kappa shape index (κ1) is 15.8. The molecule has 1 fully saturated rings. The van der Waals surface area contributed by atoms with Gasteiger partial charge in [-0.15, -0.1) is 0 Å². The van der Waals surface area contributed by atoms with Gasteiger partial charge in [0.05, 0.1) is 0 Å². The zero-order valence-electron chi connectivity index (χ0n) is 12.1. The normalized spacial score (nSPS) is 20.6. The highest BCUT2D eigenvalue weighted by Gasteiger charge is 2.30. The van der Waals surface area contributed by atoms with Gasteiger partial charge >= 0.3 is 12.0 Å². The first-order chi connectivity index (χ1) is 9.03. The van der Waals surface area contributed by atoms with E-state index in [9.17, 15) is 9.59 Å². The van der Waals surface area contributed by atoms with Crippen LogP contribution in [0.2, 0.25) is 0 Å². The van der Waals surface area contributed by atoms with E-state index < -0.39 is 12.0 Å². The van der Waals surface area contributed by atoms with Crippen LogP contribution in [0.1, 0.15) is 33.6 Å². The van der Waals surface area contributed by atoms with Crippen molar-refractivity contribution in [2.75, 3.05) is 26.2 Å². The minimum Gasteiger partial charge on any atom is -0.480 e. The lowest BCUT2D eigenvalue weighted by Crippen LogP contribution is -2.48. The highest BCUT2D eigenvalue weighted by Crippen LogP contribution is 2.15. The van der Waals surface area contributed by atoms with Crippen molar-refractivity contribution in [3.05, 3.63) is 0 Å². The molecule has 1 aliphatic rings. The summed E-state index contributed by atoms with van der Waals surface area (Å²) in [5.41, 5.74) is 0. The fraction of sp³-hybridized carbons (Fsp3) is 0.846. The summed E-state index contributed by atoms with van der Waals surface area (Å²) in [6, 6.07) is -0.658. The Hall–Kier alpha value is -1.30. The second-order valence-electron chi connectivity index (χ2n) is 4.86. The second kappa shape index (κ2) is 7.33. The summed E-state index contributed by atoms with van der Waals surface area (Å²) < 4.78 is 0. The lowest BCUT2D eigenvalue weighted by molar-refractivity contribution is -0.139. The average Bonchev–Trinajstić information content (AvgIpc) is 2.86. The number of aliphatic carboxylic acids is 1. The molecule has 2 amide bonds. The molecule has 1 aliphatic heterocycles. The van der Waals surface area contributed by atoms with Crippen LogP contribution in [0.5, 0.6) is 0 Å². The monoisotopic (exact) mass is 271 g/mol. The molecule has 0 bridgehead atoms. The molecule has 0 aromatic rings. The molecule has 110 valence electrons. The van der Waals surface area contributed by atoms with Crippen molar-refractivity contribution in [2.45, 2.75) is 45.7 Å². The third-order valence-corrected chi connectivity index (χ3v) is 3.78. The summed E-state index contributed by atoms with van der Waals surface area (Å²) in [7, 11) is 0. The van der Waals surface area contributed by atoms with Crippen LogP contribution in [0.4, 0.5) is 4.79 Å². The van der Waals surface area contributed by atoms with Crippen molar-refractivity contribution in [1.82, 2.24) is 15.1 Å². The van der Waals surface area contributed by atoms with Gasteiger partial charge in [-0.25, -0.2) is 9.59 Å². The van der Waals surface area contributed by atoms with Gasteiger partial charge < -0.3 is 15.3 Å². The maximum absolute atomic E-state index is 12.0. The van der Waals surface area contributed by atoms with E-state index in [1.165, 1.54) is 0 Å². The van der Waals surface area contributed by atoms with Crippen LogP contribution in [0.15, 0.2) is 0 Å². The lowest BCUT2D eigenvalue weighted by Gasteiger charge is -2.26. The number of amides is 2. The molecule has 0 saturated carbocycles. The Labute approximate surface area is 114 Å². The quantitative estimate of drug-likeness (QED) is 0.755. The molecule has 0 spiro atoms. The summed E-state index contributed by atoms with van der Waals surface area (Å²) in [6.45, 7) is 9.31. The summed E-state index contributed by atoms with van der Waals surface area (Å²) in [6.07, 6.45) is 1.35. The Balaban J connectivity index is 2.50. The number of carboxylic acid groups (broad SMARTS) is 1. The molecule has 1 rings (SSSR count). The summed E-state index contributed by atoms with van der Waals surface area (Å²) in [4.78, 5) is 27.0. The van der Waals surface area contributed by atoms with Gasteiger partial charge in [0.1, 0.15) is 6.04 Å². The topological polar surface area (TPSA) is 72.9 Å². The number of hydrogen-bond acceptors (Lipinski definition) is 3. The van der Waals surface area contributed by atoms with E-state index in [2.05, 4.69) is 24.1 Å². The van der Waals surface area contributed by atoms with Gasteiger partial charge in [0.15, 0.2) is 0 Å². The molecule has 6 nitrogen and oxygen atoms in total. The molecule has 6 heteroatoms. The number of nitrogens with zero attached hydrogens (tertiary/aromatic N) is 2. The number of rotatable bonds is 6. The van der Waals surface area contributed by atoms with Gasteiger partial charge in [-0.1, -0.05) is 20.8 Å². The molecular formula is C13H25N3O3. The smallest absolute Gasteiger partial charge is 0.326 e. The number of urea groups is 1. The molecule has 0 aromatic carbocycles. The Morgan fingerprint density at radius 2 is 2.00 bits per heavy atom. The van der Waals surface area contributed by atoms with Gasteiger partial charge in [0.2, 0.25) is 0 Å². The number of carboxylic acids is 1. The largest absolute Gasteiger partial charge is 0.480 e. The predicted octanol–water partition coefficient (Wildman–Crippen LogP) is 0.975. The fourth-order valence-electron chi connectivity index (χ4n) is 2.54. The minimum atomic E-state index is -0.977. The predicted molar refractivity (Wildman–Crippen MR) is 73.1 cm³/mol. The van der Waals surface area contributed by atoms with E-state index in [1.54, 1.807) is 11.8 Å². The highest BCUT2D eigenvalue weighted by molar-refractivity contribution is 5.82. The summed E-state index contributed by atoms with van der Waals surface area (Å²) >= 11 is 0. The van der Waals surface area contributed by atoms with Gasteiger partial charge in [0, 0.05) is 19.1 Å². The molecule has 1 saturated heterocycles. The van der Waals surface area contributed by atoms with E-state index in [0.717, 1.165) is 19.5 Å². The maximum atomic E-state index is 12.0. The fourth-order valence-corrected chi connectivity index (χ4v) is 2.54. The maximum Gasteiger partial charge on any atom is 0.326 e. The molecule has 2 unspecified atom stereocenters. The summed E-state index contributed by atoms with van der Waals surface area (Å²) in [5.74, 6) is -0.977. The van der Waals surface area contributed by atoms with Crippen LogP contribution in [-0.2, 0) is 4.79 Å². The van der Waals surface area contributed by atoms with Crippen molar-refractivity contribution in [1.29, 1.82) is 0 Å². The van der Waals surface area contributed by atoms with Gasteiger partial charge in [0.25, 0.3) is 0 Å². The van der Waals surface area contributed by atoms with E-state index in [0.29, 0.717) is 25.6 Å². The van der Waals surface area contributed by atoms with Crippen LogP contribution in [0.3, 0.4) is 0 Å². The van der Waals surface area contributed by atoms with Gasteiger partial charge in [-0.3, -0.25) is 4.90 Å². The zero-order valence-corrected chi connectivity index (χ0v) is 12.1. The second-order valence-corrected chi connectivity index (χ2v) is 4.86. The molecule has 2 atom stereocenters. The Morgan fingerprint density at radius 1 is 1.37 bits per heavy atom. The lowest BCUT2D eigenvalue weighted by atomic mass is 10.2. The number of nitrogens with one attached hydrogen (secondary N) is 1. The molecule has 1 heterocycles. The van der Waals surface area contributed by atoms with Crippen LogP contribution in [0, 0.1) is 0 Å². The minimum absolute atomic E-state index is 0.260. The van der Waals surface area contributed by atoms with E-state index in [-0.39, 0.29) is 6.03 Å². The standard InChI is InChI=1S/C13H25N3O3/c1-4-11(12(17)18)14-13(19)16-8-7-10(9-16)15(5-2)6-3/h10-11H,4-9H2,1-3H3,(H,14,19)(H,17,18). The summed E-state index contributed by atoms with van der Waals surface area (Å²) in [5, 5.41) is 11.5. The zero-order chi connectivity index (χ0) is 14.4. The highest BCUT2D eigenvalue weighted by atomic mass is 16.4. The van der Waals surface area contributed by atoms with Gasteiger partial charge in [-0.2, -0.15) is 0 Å². The Morgan fingerprint density at radius 3 is 2.47 bits per heavy atom. The Kier molecular flexibility index (Phi) is 6.08. The Bertz CT molecular complexity index is 318. The van der Waals surface area contributed by atoms with Crippen LogP contribution in [0.25, 0.3) is 0 Å². The van der Waals surface area contributed by atoms with Crippen molar-refractivity contribution >= 4 is 12.0 Å². The third-order valence-electron chi connectivity index (χ3n) is 3.78. The van der Waals surface area contributed by atoms with Crippen LogP contribution >= 0.6 is 0 Å². The number of carbonyl (C=O) groups excluding carboxylic acids is 1. The van der Waals surface area contributed by atoms with Crippen LogP contribution < -0.4 is 5.32 Å². The third kappa shape index (κ3) is 4.09. The molecule has 0 radical (unpaired) electrons. The number of hydrogen-bond donors (Lipinski definition) is 2. The van der Waals surface area contributed by atoms with E-state index >= 15 is 0 Å². The SMILES string of the molecule is CCC(NC(=O)N1CCC(N(CC)CC)C1)C(=O)O. The van der Waals surface area contributed by atoms with E-state index in [4.69, 9.17) is 5.11 Å². The van der Waals surface area contributed by atoms with Crippen molar-refractivity contribution < 1.29 is 14.7 Å². The first-order valence-electron chi connectivity index (χ1n) is 7.05. The molecular weight excluding hydrogens is 246 g/mol. The molecule has 0 aliphatic carbocycles. The number of likely N-dealkylation sites (N-methyl/N-ethyl adjacent to an activating group) is 1. The van der Waals surface area contributed by atoms with Crippen molar-refractivity contribution in [3.8, 4) is 0 Å². The van der Waals surface area contributed by atoms with Crippen LogP contribution in [-0.4, -0.2) is 65.2 Å². The number of likely N-dealkylation sites (tertiary alicyclic amines) is 1. The van der Waals surface area contributed by atoms with Crippen molar-refractivity contribution in [3.63, 3.8) is 0 Å². The van der Waals surface area contributed by atoms with Gasteiger partial charge in [-0.05, 0) is 25.9 Å². The average molecular weight is 271 g/mol. The van der Waals surface area contributed by atoms with Crippen molar-refractivity contribution in [2.24, 2.45) is 0 Å². The number of carbonyl (C=O) groups is 2. The molecule has 0 aromatic heterocycles.